The summed E-state index contributed by atoms with van der Waals surface area (Å²) in [5, 5.41) is 3.48. The summed E-state index contributed by atoms with van der Waals surface area (Å²) in [6.45, 7) is 7.17. The van der Waals surface area contributed by atoms with Gasteiger partial charge in [0.15, 0.2) is 0 Å². The Hall–Kier alpha value is -2.51. The highest BCUT2D eigenvalue weighted by molar-refractivity contribution is 5.95. The van der Waals surface area contributed by atoms with E-state index >= 15 is 0 Å². The highest BCUT2D eigenvalue weighted by Crippen LogP contribution is 2.33. The summed E-state index contributed by atoms with van der Waals surface area (Å²) in [4.78, 5) is 27.6. The van der Waals surface area contributed by atoms with Gasteiger partial charge in [-0.3, -0.25) is 14.6 Å². The minimum absolute atomic E-state index is 0.171. The van der Waals surface area contributed by atoms with Crippen molar-refractivity contribution in [2.45, 2.75) is 63.8 Å². The molecule has 2 aromatic rings. The molecule has 1 aromatic heterocycles. The number of aryl methyl sites for hydroxylation is 1. The van der Waals surface area contributed by atoms with E-state index in [9.17, 15) is 4.79 Å². The Morgan fingerprint density at radius 3 is 2.65 bits per heavy atom. The van der Waals surface area contributed by atoms with Gasteiger partial charge in [-0.2, -0.15) is 0 Å². The van der Waals surface area contributed by atoms with Crippen LogP contribution in [-0.4, -0.2) is 66.7 Å². The summed E-state index contributed by atoms with van der Waals surface area (Å²) in [5.41, 5.74) is 3.38. The number of carbonyl (C=O) groups is 1. The Morgan fingerprint density at radius 1 is 1.09 bits per heavy atom. The highest BCUT2D eigenvalue weighted by atomic mass is 16.5. The molecule has 1 N–H and O–H groups in total. The molecule has 34 heavy (non-hydrogen) atoms. The Morgan fingerprint density at radius 2 is 1.88 bits per heavy atom. The molecule has 3 aliphatic rings. The first kappa shape index (κ1) is 23.2. The zero-order chi connectivity index (χ0) is 23.5. The summed E-state index contributed by atoms with van der Waals surface area (Å²) >= 11 is 0. The van der Waals surface area contributed by atoms with Crippen LogP contribution in [0.2, 0.25) is 0 Å². The van der Waals surface area contributed by atoms with Gasteiger partial charge >= 0.3 is 0 Å². The van der Waals surface area contributed by atoms with Crippen LogP contribution in [0.4, 0.5) is 5.82 Å². The van der Waals surface area contributed by atoms with Crippen molar-refractivity contribution in [3.05, 3.63) is 46.9 Å². The number of carbonyl (C=O) groups excluding carboxylic acids is 1. The van der Waals surface area contributed by atoms with Gasteiger partial charge in [0.2, 0.25) is 5.91 Å². The van der Waals surface area contributed by atoms with Crippen LogP contribution in [0.5, 0.6) is 5.75 Å². The molecule has 0 saturated carbocycles. The number of benzene rings is 1. The van der Waals surface area contributed by atoms with E-state index < -0.39 is 0 Å². The standard InChI is InChI=1S/C27H37N5O2/c1-19-24-9-10-25(33)32(17-13-20-5-7-23(34-2)8-6-20)27(24)30-26(29-19)21-4-3-16-31(18-21)22-11-14-28-15-12-22/h5-8,21-22,28H,3-4,9-18H2,1-2H3/t21-/m1/s1. The number of fused-ring (bicyclic) bond motifs is 1. The van der Waals surface area contributed by atoms with Gasteiger partial charge in [-0.15, -0.1) is 0 Å². The van der Waals surface area contributed by atoms with Gasteiger partial charge in [0, 0.05) is 42.7 Å². The molecule has 0 unspecified atom stereocenters. The topological polar surface area (TPSA) is 70.6 Å². The van der Waals surface area contributed by atoms with Crippen LogP contribution < -0.4 is 15.0 Å². The van der Waals surface area contributed by atoms with Crippen LogP contribution in [0.15, 0.2) is 24.3 Å². The van der Waals surface area contributed by atoms with Crippen molar-refractivity contribution >= 4 is 11.7 Å². The van der Waals surface area contributed by atoms with Crippen molar-refractivity contribution in [2.75, 3.05) is 44.7 Å². The zero-order valence-corrected chi connectivity index (χ0v) is 20.6. The highest BCUT2D eigenvalue weighted by Gasteiger charge is 2.32. The lowest BCUT2D eigenvalue weighted by molar-refractivity contribution is -0.118. The van der Waals surface area contributed by atoms with Crippen molar-refractivity contribution in [3.8, 4) is 5.75 Å². The average molecular weight is 464 g/mol. The molecular weight excluding hydrogens is 426 g/mol. The van der Waals surface area contributed by atoms with Crippen LogP contribution in [0, 0.1) is 6.92 Å². The second-order valence-electron chi connectivity index (χ2n) is 9.93. The molecule has 0 spiro atoms. The molecule has 1 amide bonds. The number of anilines is 1. The van der Waals surface area contributed by atoms with Gasteiger partial charge in [-0.25, -0.2) is 9.97 Å². The first-order valence-corrected chi connectivity index (χ1v) is 12.9. The van der Waals surface area contributed by atoms with Crippen molar-refractivity contribution in [1.82, 2.24) is 20.2 Å². The molecule has 1 atom stereocenters. The molecule has 0 aliphatic carbocycles. The van der Waals surface area contributed by atoms with Gasteiger partial charge in [0.25, 0.3) is 0 Å². The monoisotopic (exact) mass is 463 g/mol. The summed E-state index contributed by atoms with van der Waals surface area (Å²) in [5.74, 6) is 3.14. The number of methoxy groups -OCH3 is 1. The van der Waals surface area contributed by atoms with Crippen molar-refractivity contribution < 1.29 is 9.53 Å². The molecule has 1 aromatic carbocycles. The molecule has 2 fully saturated rings. The Balaban J connectivity index is 1.35. The largest absolute Gasteiger partial charge is 0.497 e. The number of aromatic nitrogens is 2. The fraction of sp³-hybridized carbons (Fsp3) is 0.593. The van der Waals surface area contributed by atoms with Gasteiger partial charge in [0.1, 0.15) is 17.4 Å². The lowest BCUT2D eigenvalue weighted by atomic mass is 9.93. The minimum Gasteiger partial charge on any atom is -0.497 e. The van der Waals surface area contributed by atoms with E-state index in [4.69, 9.17) is 14.7 Å². The quantitative estimate of drug-likeness (QED) is 0.709. The fourth-order valence-electron chi connectivity index (χ4n) is 5.77. The normalized spacial score (nSPS) is 22.0. The SMILES string of the molecule is COc1ccc(CCN2C(=O)CCc3c(C)nc([C@@H]4CCCN(C5CCNCC5)C4)nc32)cc1. The van der Waals surface area contributed by atoms with E-state index in [0.717, 1.165) is 67.5 Å². The molecule has 4 heterocycles. The molecule has 7 heteroatoms. The number of rotatable bonds is 6. The number of hydrogen-bond acceptors (Lipinski definition) is 6. The van der Waals surface area contributed by atoms with Crippen LogP contribution >= 0.6 is 0 Å². The van der Waals surface area contributed by atoms with Gasteiger partial charge in [0.05, 0.1) is 7.11 Å². The van der Waals surface area contributed by atoms with Crippen LogP contribution in [0.1, 0.15) is 60.7 Å². The third-order valence-electron chi connectivity index (χ3n) is 7.78. The van der Waals surface area contributed by atoms with E-state index in [-0.39, 0.29) is 5.91 Å². The Bertz CT molecular complexity index is 1000. The third-order valence-corrected chi connectivity index (χ3v) is 7.78. The lowest BCUT2D eigenvalue weighted by Crippen LogP contribution is -2.47. The molecule has 0 radical (unpaired) electrons. The molecule has 5 rings (SSSR count). The van der Waals surface area contributed by atoms with Crippen molar-refractivity contribution in [1.29, 1.82) is 0 Å². The van der Waals surface area contributed by atoms with Crippen LogP contribution in [0.3, 0.4) is 0 Å². The molecule has 3 aliphatic heterocycles. The Labute approximate surface area is 202 Å². The minimum atomic E-state index is 0.171. The van der Waals surface area contributed by atoms with Crippen molar-refractivity contribution in [2.24, 2.45) is 0 Å². The Kier molecular flexibility index (Phi) is 7.11. The summed E-state index contributed by atoms with van der Waals surface area (Å²) < 4.78 is 5.27. The predicted molar refractivity (Wildman–Crippen MR) is 134 cm³/mol. The van der Waals surface area contributed by atoms with Crippen molar-refractivity contribution in [3.63, 3.8) is 0 Å². The summed E-state index contributed by atoms with van der Waals surface area (Å²) in [6, 6.07) is 8.77. The van der Waals surface area contributed by atoms with Crippen LogP contribution in [-0.2, 0) is 17.6 Å². The van der Waals surface area contributed by atoms with E-state index in [1.54, 1.807) is 7.11 Å². The fourth-order valence-corrected chi connectivity index (χ4v) is 5.77. The number of amides is 1. The lowest BCUT2D eigenvalue weighted by Gasteiger charge is -2.40. The number of likely N-dealkylation sites (tertiary alicyclic amines) is 1. The summed E-state index contributed by atoms with van der Waals surface area (Å²) in [6.07, 6.45) is 6.83. The smallest absolute Gasteiger partial charge is 0.228 e. The zero-order valence-electron chi connectivity index (χ0n) is 20.6. The molecule has 182 valence electrons. The second kappa shape index (κ2) is 10.4. The maximum Gasteiger partial charge on any atom is 0.228 e. The maximum absolute atomic E-state index is 13.0. The van der Waals surface area contributed by atoms with E-state index in [1.165, 1.54) is 31.4 Å². The van der Waals surface area contributed by atoms with Gasteiger partial charge in [-0.05, 0) is 82.8 Å². The second-order valence-corrected chi connectivity index (χ2v) is 9.93. The summed E-state index contributed by atoms with van der Waals surface area (Å²) in [7, 11) is 1.68. The third kappa shape index (κ3) is 4.96. The predicted octanol–water partition coefficient (Wildman–Crippen LogP) is 3.25. The molecular formula is C27H37N5O2. The van der Waals surface area contributed by atoms with Gasteiger partial charge < -0.3 is 10.1 Å². The number of piperidine rings is 2. The number of nitrogens with one attached hydrogen (secondary N) is 1. The first-order chi connectivity index (χ1) is 16.6. The van der Waals surface area contributed by atoms with Gasteiger partial charge in [-0.1, -0.05) is 12.1 Å². The number of ether oxygens (including phenoxy) is 1. The van der Waals surface area contributed by atoms with E-state index in [0.29, 0.717) is 24.9 Å². The average Bonchev–Trinajstić information content (AvgIpc) is 2.89. The molecule has 0 bridgehead atoms. The van der Waals surface area contributed by atoms with E-state index in [2.05, 4.69) is 29.3 Å². The maximum atomic E-state index is 13.0. The molecule has 7 nitrogen and oxygen atoms in total. The number of nitrogens with zero attached hydrogens (tertiary/aromatic N) is 4. The van der Waals surface area contributed by atoms with Crippen LogP contribution in [0.25, 0.3) is 0 Å². The first-order valence-electron chi connectivity index (χ1n) is 12.9. The van der Waals surface area contributed by atoms with E-state index in [1.807, 2.05) is 17.0 Å². The molecule has 2 saturated heterocycles. The number of hydrogen-bond donors (Lipinski definition) is 1.